The van der Waals surface area contributed by atoms with E-state index in [1.54, 1.807) is 55.0 Å². The predicted octanol–water partition coefficient (Wildman–Crippen LogP) is 4.23. The lowest BCUT2D eigenvalue weighted by atomic mass is 10.0. The molecule has 1 unspecified atom stereocenters. The third-order valence-corrected chi connectivity index (χ3v) is 11.0. The number of hydrogen-bond acceptors (Lipinski definition) is 10. The highest BCUT2D eigenvalue weighted by Crippen LogP contribution is 2.38. The molecule has 2 aromatic carbocycles. The minimum atomic E-state index is -0.687. The Labute approximate surface area is 308 Å². The van der Waals surface area contributed by atoms with Crippen molar-refractivity contribution in [1.82, 2.24) is 34.5 Å². The molecule has 6 heterocycles. The summed E-state index contributed by atoms with van der Waals surface area (Å²) in [5.41, 5.74) is 10.2. The lowest BCUT2D eigenvalue weighted by Gasteiger charge is -2.29. The van der Waals surface area contributed by atoms with E-state index in [0.717, 1.165) is 28.9 Å². The number of benzene rings is 2. The number of likely N-dealkylation sites (tertiary alicyclic amines) is 1. The van der Waals surface area contributed by atoms with Crippen LogP contribution in [0, 0.1) is 0 Å². The maximum atomic E-state index is 13.8. The predicted molar refractivity (Wildman–Crippen MR) is 197 cm³/mol. The van der Waals surface area contributed by atoms with Crippen LogP contribution >= 0.6 is 11.8 Å². The van der Waals surface area contributed by atoms with Gasteiger partial charge in [-0.05, 0) is 61.2 Å². The standard InChI is InChI=1S/C38H35N9O5S/c39-34-33-32(22-9-11-23(12-10-22)36(50)42-29-8-1-2-16-40-29)44-35(46(33)19-17-41-34)26-6-4-18-45(26)31(49)15-20-53-28-7-3-5-24-25(28)21-47(38(24)52)27-13-14-30(48)43-37(27)51/h1-3,5,7-12,16-17,19,26-27H,4,6,13-15,18,20-21H2,(H2,39,41)(H,40,42,50)(H,43,48,51)/t26-,27?/m0/s1. The maximum absolute atomic E-state index is 13.8. The van der Waals surface area contributed by atoms with Gasteiger partial charge < -0.3 is 20.9 Å². The van der Waals surface area contributed by atoms with E-state index >= 15 is 0 Å². The summed E-state index contributed by atoms with van der Waals surface area (Å²) in [6.45, 7) is 0.870. The molecule has 0 aliphatic carbocycles. The number of amides is 5. The van der Waals surface area contributed by atoms with Crippen molar-refractivity contribution >= 4 is 58.5 Å². The zero-order chi connectivity index (χ0) is 36.6. The summed E-state index contributed by atoms with van der Waals surface area (Å²) in [5.74, 6) is 0.655. The number of anilines is 2. The molecule has 8 rings (SSSR count). The average Bonchev–Trinajstić information content (AvgIpc) is 3.89. The zero-order valence-electron chi connectivity index (χ0n) is 28.5. The van der Waals surface area contributed by atoms with E-state index in [1.807, 2.05) is 33.6 Å². The number of nitrogens with two attached hydrogens (primary N) is 1. The molecule has 0 radical (unpaired) electrons. The van der Waals surface area contributed by atoms with Crippen LogP contribution < -0.4 is 16.4 Å². The van der Waals surface area contributed by atoms with Crippen LogP contribution in [0.4, 0.5) is 11.6 Å². The molecule has 2 fully saturated rings. The van der Waals surface area contributed by atoms with Gasteiger partial charge in [0, 0.05) is 71.9 Å². The Morgan fingerprint density at radius 3 is 2.60 bits per heavy atom. The van der Waals surface area contributed by atoms with Crippen LogP contribution in [0.1, 0.15) is 70.2 Å². The first-order chi connectivity index (χ1) is 25.8. The van der Waals surface area contributed by atoms with Crippen LogP contribution in [0.5, 0.6) is 0 Å². The van der Waals surface area contributed by atoms with Crippen LogP contribution in [-0.2, 0) is 20.9 Å². The van der Waals surface area contributed by atoms with Gasteiger partial charge in [0.05, 0.1) is 6.04 Å². The van der Waals surface area contributed by atoms with Gasteiger partial charge in [0.2, 0.25) is 17.7 Å². The minimum Gasteiger partial charge on any atom is -0.382 e. The first-order valence-corrected chi connectivity index (χ1v) is 18.4. The molecule has 15 heteroatoms. The van der Waals surface area contributed by atoms with Crippen LogP contribution in [0.25, 0.3) is 16.8 Å². The van der Waals surface area contributed by atoms with Crippen molar-refractivity contribution in [2.75, 3.05) is 23.3 Å². The van der Waals surface area contributed by atoms with Crippen molar-refractivity contribution in [3.05, 3.63) is 102 Å². The molecule has 0 spiro atoms. The number of pyridine rings is 1. The largest absolute Gasteiger partial charge is 0.382 e. The van der Waals surface area contributed by atoms with Gasteiger partial charge in [-0.2, -0.15) is 0 Å². The number of aromatic nitrogens is 4. The monoisotopic (exact) mass is 729 g/mol. The second-order valence-electron chi connectivity index (χ2n) is 13.1. The van der Waals surface area contributed by atoms with Crippen LogP contribution in [0.3, 0.4) is 0 Å². The van der Waals surface area contributed by atoms with E-state index < -0.39 is 11.9 Å². The molecular formula is C38H35N9O5S. The molecule has 3 aliphatic heterocycles. The number of nitrogen functional groups attached to an aromatic ring is 1. The molecule has 5 amide bonds. The SMILES string of the molecule is Nc1nccn2c([C@@H]3CCCN3C(=O)CCSc3cccc4c3CN(C3CCC(=O)NC3=O)C4=O)nc(-c3ccc(C(=O)Nc4ccccn4)cc3)c12. The molecule has 5 aromatic rings. The van der Waals surface area contributed by atoms with E-state index in [4.69, 9.17) is 10.7 Å². The molecule has 0 bridgehead atoms. The number of nitrogens with zero attached hydrogens (tertiary/aromatic N) is 6. The zero-order valence-corrected chi connectivity index (χ0v) is 29.3. The molecule has 53 heavy (non-hydrogen) atoms. The number of fused-ring (bicyclic) bond motifs is 2. The van der Waals surface area contributed by atoms with Crippen LogP contribution in [0.15, 0.2) is 84.1 Å². The Morgan fingerprint density at radius 1 is 0.962 bits per heavy atom. The Bertz CT molecular complexity index is 2280. The summed E-state index contributed by atoms with van der Waals surface area (Å²) in [5, 5.41) is 5.13. The Balaban J connectivity index is 0.967. The molecule has 2 saturated heterocycles. The van der Waals surface area contributed by atoms with Crippen LogP contribution in [0.2, 0.25) is 0 Å². The third-order valence-electron chi connectivity index (χ3n) is 9.92. The Kier molecular flexibility index (Phi) is 9.08. The number of rotatable bonds is 9. The fraction of sp³-hybridized carbons (Fsp3) is 0.263. The summed E-state index contributed by atoms with van der Waals surface area (Å²) in [7, 11) is 0. The van der Waals surface area contributed by atoms with Gasteiger partial charge in [-0.15, -0.1) is 11.8 Å². The summed E-state index contributed by atoms with van der Waals surface area (Å²) in [6.07, 6.45) is 7.35. The Morgan fingerprint density at radius 2 is 1.81 bits per heavy atom. The lowest BCUT2D eigenvalue weighted by Crippen LogP contribution is -2.52. The van der Waals surface area contributed by atoms with Crippen LogP contribution in [-0.4, -0.2) is 77.0 Å². The molecule has 4 N–H and O–H groups in total. The van der Waals surface area contributed by atoms with Gasteiger partial charge in [0.25, 0.3) is 11.8 Å². The lowest BCUT2D eigenvalue weighted by molar-refractivity contribution is -0.137. The maximum Gasteiger partial charge on any atom is 0.256 e. The van der Waals surface area contributed by atoms with Gasteiger partial charge in [-0.3, -0.25) is 33.7 Å². The third kappa shape index (κ3) is 6.48. The highest BCUT2D eigenvalue weighted by Gasteiger charge is 2.40. The van der Waals surface area contributed by atoms with E-state index in [-0.39, 0.29) is 49.1 Å². The van der Waals surface area contributed by atoms with E-state index in [0.29, 0.717) is 58.5 Å². The molecular weight excluding hydrogens is 695 g/mol. The highest BCUT2D eigenvalue weighted by atomic mass is 32.2. The topological polar surface area (TPSA) is 185 Å². The number of carbonyl (C=O) groups excluding carboxylic acids is 5. The van der Waals surface area contributed by atoms with Crippen molar-refractivity contribution in [1.29, 1.82) is 0 Å². The fourth-order valence-electron chi connectivity index (χ4n) is 7.35. The number of imide groups is 1. The van der Waals surface area contributed by atoms with E-state index in [9.17, 15) is 24.0 Å². The number of thioether (sulfide) groups is 1. The molecule has 268 valence electrons. The minimum absolute atomic E-state index is 0.00239. The number of imidazole rings is 1. The first-order valence-electron chi connectivity index (χ1n) is 17.4. The average molecular weight is 730 g/mol. The normalized spacial score (nSPS) is 18.4. The van der Waals surface area contributed by atoms with Gasteiger partial charge >= 0.3 is 0 Å². The fourth-order valence-corrected chi connectivity index (χ4v) is 8.37. The molecule has 3 aliphatic rings. The van der Waals surface area contributed by atoms with Crippen molar-refractivity contribution in [3.63, 3.8) is 0 Å². The van der Waals surface area contributed by atoms with Crippen molar-refractivity contribution in [2.45, 2.75) is 55.6 Å². The van der Waals surface area contributed by atoms with Crippen molar-refractivity contribution in [3.8, 4) is 11.3 Å². The molecule has 2 atom stereocenters. The second-order valence-corrected chi connectivity index (χ2v) is 14.3. The van der Waals surface area contributed by atoms with E-state index in [2.05, 4.69) is 20.6 Å². The van der Waals surface area contributed by atoms with Gasteiger partial charge in [0.1, 0.15) is 34.7 Å². The number of nitrogens with one attached hydrogen (secondary N) is 2. The molecule has 0 saturated carbocycles. The highest BCUT2D eigenvalue weighted by molar-refractivity contribution is 7.99. The first kappa shape index (κ1) is 34.0. The Hall–Kier alpha value is -6.09. The molecule has 14 nitrogen and oxygen atoms in total. The number of carbonyl (C=O) groups is 5. The quantitative estimate of drug-likeness (QED) is 0.147. The smallest absolute Gasteiger partial charge is 0.256 e. The van der Waals surface area contributed by atoms with Gasteiger partial charge in [0.15, 0.2) is 0 Å². The summed E-state index contributed by atoms with van der Waals surface area (Å²) >= 11 is 1.51. The van der Waals surface area contributed by atoms with Gasteiger partial charge in [-0.1, -0.05) is 24.3 Å². The summed E-state index contributed by atoms with van der Waals surface area (Å²) in [4.78, 5) is 81.9. The second kappa shape index (κ2) is 14.1. The van der Waals surface area contributed by atoms with Gasteiger partial charge in [-0.25, -0.2) is 15.0 Å². The van der Waals surface area contributed by atoms with Crippen molar-refractivity contribution in [2.24, 2.45) is 0 Å². The van der Waals surface area contributed by atoms with E-state index in [1.165, 1.54) is 16.7 Å². The number of piperidine rings is 1. The summed E-state index contributed by atoms with van der Waals surface area (Å²) < 4.78 is 1.91. The summed E-state index contributed by atoms with van der Waals surface area (Å²) in [6, 6.07) is 16.9. The van der Waals surface area contributed by atoms with Crippen molar-refractivity contribution < 1.29 is 24.0 Å². The number of hydrogen-bond donors (Lipinski definition) is 3. The molecule has 3 aromatic heterocycles.